The average Bonchev–Trinajstić information content (AvgIpc) is 2.34. The summed E-state index contributed by atoms with van der Waals surface area (Å²) in [6.07, 6.45) is 1.71. The predicted molar refractivity (Wildman–Crippen MR) is 73.1 cm³/mol. The average molecular weight is 287 g/mol. The van der Waals surface area contributed by atoms with Gasteiger partial charge >= 0.3 is 0 Å². The topological polar surface area (TPSA) is 107 Å². The minimum atomic E-state index is -3.46. The van der Waals surface area contributed by atoms with E-state index in [-0.39, 0.29) is 10.6 Å². The van der Waals surface area contributed by atoms with Crippen molar-refractivity contribution in [1.29, 1.82) is 0 Å². The van der Waals surface area contributed by atoms with Gasteiger partial charge in [0.05, 0.1) is 9.82 Å². The van der Waals surface area contributed by atoms with Crippen LogP contribution in [0.3, 0.4) is 0 Å². The van der Waals surface area contributed by atoms with Crippen LogP contribution in [0.2, 0.25) is 0 Å². The van der Waals surface area contributed by atoms with Crippen LogP contribution in [0, 0.1) is 10.1 Å². The van der Waals surface area contributed by atoms with E-state index in [1.54, 1.807) is 11.9 Å². The summed E-state index contributed by atoms with van der Waals surface area (Å²) in [5.41, 5.74) is 5.55. The quantitative estimate of drug-likeness (QED) is 0.612. The van der Waals surface area contributed by atoms with Crippen LogP contribution in [-0.2, 0) is 9.84 Å². The van der Waals surface area contributed by atoms with Crippen molar-refractivity contribution in [3.05, 3.63) is 28.3 Å². The van der Waals surface area contributed by atoms with Crippen LogP contribution in [0.4, 0.5) is 11.4 Å². The summed E-state index contributed by atoms with van der Waals surface area (Å²) in [6.45, 7) is 1.05. The van der Waals surface area contributed by atoms with Crippen molar-refractivity contribution in [2.75, 3.05) is 31.3 Å². The van der Waals surface area contributed by atoms with Crippen molar-refractivity contribution in [3.63, 3.8) is 0 Å². The van der Waals surface area contributed by atoms with Crippen molar-refractivity contribution in [1.82, 2.24) is 0 Å². The molecular weight excluding hydrogens is 270 g/mol. The van der Waals surface area contributed by atoms with E-state index in [9.17, 15) is 18.5 Å². The molecule has 0 unspecified atom stereocenters. The van der Waals surface area contributed by atoms with Crippen molar-refractivity contribution in [3.8, 4) is 0 Å². The molecule has 0 aliphatic rings. The van der Waals surface area contributed by atoms with E-state index in [0.29, 0.717) is 25.2 Å². The highest BCUT2D eigenvalue weighted by Gasteiger charge is 2.20. The van der Waals surface area contributed by atoms with Crippen molar-refractivity contribution >= 4 is 21.2 Å². The van der Waals surface area contributed by atoms with Crippen LogP contribution in [-0.4, -0.2) is 39.7 Å². The molecule has 0 saturated heterocycles. The van der Waals surface area contributed by atoms with Crippen LogP contribution in [0.1, 0.15) is 6.42 Å². The van der Waals surface area contributed by atoms with Crippen molar-refractivity contribution in [2.45, 2.75) is 11.3 Å². The molecule has 0 aromatic heterocycles. The molecule has 0 heterocycles. The minimum Gasteiger partial charge on any atom is -0.369 e. The summed E-state index contributed by atoms with van der Waals surface area (Å²) in [6, 6.07) is 3.91. The highest BCUT2D eigenvalue weighted by Crippen LogP contribution is 2.30. The molecular formula is C11H17N3O4S. The van der Waals surface area contributed by atoms with Gasteiger partial charge in [0, 0.05) is 25.9 Å². The molecule has 1 aromatic rings. The second-order valence-corrected chi connectivity index (χ2v) is 6.26. The molecule has 0 aliphatic carbocycles. The molecule has 0 spiro atoms. The van der Waals surface area contributed by atoms with Crippen molar-refractivity contribution < 1.29 is 13.3 Å². The highest BCUT2D eigenvalue weighted by atomic mass is 32.2. The molecule has 2 N–H and O–H groups in total. The first-order chi connectivity index (χ1) is 8.77. The third-order valence-corrected chi connectivity index (χ3v) is 3.79. The molecule has 0 atom stereocenters. The molecule has 1 rings (SSSR count). The van der Waals surface area contributed by atoms with Crippen molar-refractivity contribution in [2.24, 2.45) is 5.73 Å². The lowest BCUT2D eigenvalue weighted by atomic mass is 10.2. The van der Waals surface area contributed by atoms with Gasteiger partial charge in [-0.15, -0.1) is 0 Å². The first-order valence-electron chi connectivity index (χ1n) is 5.67. The number of sulfone groups is 1. The van der Waals surface area contributed by atoms with E-state index in [1.165, 1.54) is 12.1 Å². The van der Waals surface area contributed by atoms with E-state index in [2.05, 4.69) is 0 Å². The van der Waals surface area contributed by atoms with E-state index in [4.69, 9.17) is 5.73 Å². The lowest BCUT2D eigenvalue weighted by molar-refractivity contribution is -0.384. The van der Waals surface area contributed by atoms with Crippen LogP contribution >= 0.6 is 0 Å². The van der Waals surface area contributed by atoms with Crippen LogP contribution in [0.5, 0.6) is 0 Å². The fourth-order valence-electron chi connectivity index (χ4n) is 1.65. The largest absolute Gasteiger partial charge is 0.369 e. The molecule has 0 radical (unpaired) electrons. The summed E-state index contributed by atoms with van der Waals surface area (Å²) in [5.74, 6) is 0. The molecule has 106 valence electrons. The zero-order chi connectivity index (χ0) is 14.6. The molecule has 7 nitrogen and oxygen atoms in total. The second kappa shape index (κ2) is 5.98. The Morgan fingerprint density at radius 3 is 2.53 bits per heavy atom. The van der Waals surface area contributed by atoms with Crippen LogP contribution < -0.4 is 10.6 Å². The zero-order valence-electron chi connectivity index (χ0n) is 10.9. The lowest BCUT2D eigenvalue weighted by Crippen LogP contribution is -2.22. The Balaban J connectivity index is 3.23. The summed E-state index contributed by atoms with van der Waals surface area (Å²) in [4.78, 5) is 12.1. The molecule has 1 aromatic carbocycles. The monoisotopic (exact) mass is 287 g/mol. The number of benzene rings is 1. The summed E-state index contributed by atoms with van der Waals surface area (Å²) in [7, 11) is -1.75. The van der Waals surface area contributed by atoms with E-state index < -0.39 is 14.8 Å². The first kappa shape index (κ1) is 15.4. The van der Waals surface area contributed by atoms with Gasteiger partial charge in [0.25, 0.3) is 5.69 Å². The fourth-order valence-corrected chi connectivity index (χ4v) is 2.29. The molecule has 0 fully saturated rings. The van der Waals surface area contributed by atoms with Gasteiger partial charge < -0.3 is 10.6 Å². The predicted octanol–water partition coefficient (Wildman–Crippen LogP) is 0.783. The van der Waals surface area contributed by atoms with Gasteiger partial charge in [-0.3, -0.25) is 10.1 Å². The first-order valence-corrected chi connectivity index (χ1v) is 7.56. The second-order valence-electron chi connectivity index (χ2n) is 4.24. The number of nitro groups is 1. The standard InChI is InChI=1S/C11H17N3O4S/c1-13(7-3-6-12)10-5-4-9(19(2,17)18)8-11(10)14(15)16/h4-5,8H,3,6-7,12H2,1-2H3. The Bertz CT molecular complexity index is 571. The normalized spacial score (nSPS) is 11.3. The van der Waals surface area contributed by atoms with E-state index >= 15 is 0 Å². The number of hydrogen-bond acceptors (Lipinski definition) is 6. The zero-order valence-corrected chi connectivity index (χ0v) is 11.7. The van der Waals surface area contributed by atoms with Gasteiger partial charge in [0.2, 0.25) is 0 Å². The third-order valence-electron chi connectivity index (χ3n) is 2.68. The smallest absolute Gasteiger partial charge is 0.293 e. The maximum Gasteiger partial charge on any atom is 0.293 e. The SMILES string of the molecule is CN(CCCN)c1ccc(S(C)(=O)=O)cc1[N+](=O)[O-]. The summed E-state index contributed by atoms with van der Waals surface area (Å²) < 4.78 is 22.8. The van der Waals surface area contributed by atoms with Gasteiger partial charge in [-0.25, -0.2) is 8.42 Å². The number of nitrogens with two attached hydrogens (primary N) is 1. The van der Waals surface area contributed by atoms with E-state index in [1.807, 2.05) is 0 Å². The van der Waals surface area contributed by atoms with Crippen LogP contribution in [0.15, 0.2) is 23.1 Å². The van der Waals surface area contributed by atoms with Gasteiger partial charge in [0.1, 0.15) is 5.69 Å². The number of nitro benzene ring substituents is 1. The Morgan fingerprint density at radius 1 is 1.42 bits per heavy atom. The lowest BCUT2D eigenvalue weighted by Gasteiger charge is -2.19. The van der Waals surface area contributed by atoms with Crippen LogP contribution in [0.25, 0.3) is 0 Å². The van der Waals surface area contributed by atoms with Gasteiger partial charge in [0.15, 0.2) is 9.84 Å². The van der Waals surface area contributed by atoms with Gasteiger partial charge in [-0.2, -0.15) is 0 Å². The summed E-state index contributed by atoms with van der Waals surface area (Å²) >= 11 is 0. The summed E-state index contributed by atoms with van der Waals surface area (Å²) in [5, 5.41) is 11.0. The molecule has 19 heavy (non-hydrogen) atoms. The van der Waals surface area contributed by atoms with Gasteiger partial charge in [-0.05, 0) is 25.1 Å². The number of nitrogens with zero attached hydrogens (tertiary/aromatic N) is 2. The van der Waals surface area contributed by atoms with Gasteiger partial charge in [-0.1, -0.05) is 0 Å². The number of hydrogen-bond donors (Lipinski definition) is 1. The molecule has 0 bridgehead atoms. The highest BCUT2D eigenvalue weighted by molar-refractivity contribution is 7.90. The Hall–Kier alpha value is -1.67. The Labute approximate surface area is 112 Å². The Morgan fingerprint density at radius 2 is 2.05 bits per heavy atom. The van der Waals surface area contributed by atoms with E-state index in [0.717, 1.165) is 12.3 Å². The molecule has 0 amide bonds. The number of anilines is 1. The third kappa shape index (κ3) is 3.90. The fraction of sp³-hybridized carbons (Fsp3) is 0.455. The maximum atomic E-state index is 11.4. The molecule has 0 saturated carbocycles. The molecule has 0 aliphatic heterocycles. The number of rotatable bonds is 6. The molecule has 8 heteroatoms. The maximum absolute atomic E-state index is 11.4. The Kier molecular flexibility index (Phi) is 4.84. The minimum absolute atomic E-state index is 0.0600.